The van der Waals surface area contributed by atoms with E-state index >= 15 is 0 Å². The van der Waals surface area contributed by atoms with Crippen LogP contribution in [0.2, 0.25) is 0 Å². The van der Waals surface area contributed by atoms with Gasteiger partial charge in [0.25, 0.3) is 5.91 Å². The maximum Gasteiger partial charge on any atom is 0.258 e. The van der Waals surface area contributed by atoms with Gasteiger partial charge in [0, 0.05) is 17.0 Å². The predicted molar refractivity (Wildman–Crippen MR) is 81.4 cm³/mol. The summed E-state index contributed by atoms with van der Waals surface area (Å²) in [6.45, 7) is 0. The molecule has 0 radical (unpaired) electrons. The number of rotatable bonds is 6. The largest absolute Gasteiger partial charge is 0.391 e. The molecule has 2 aromatic heterocycles. The number of primary amides is 1. The van der Waals surface area contributed by atoms with Gasteiger partial charge in [-0.2, -0.15) is 0 Å². The van der Waals surface area contributed by atoms with Crippen molar-refractivity contribution < 1.29 is 9.90 Å². The van der Waals surface area contributed by atoms with Gasteiger partial charge in [-0.25, -0.2) is 4.98 Å². The number of nitrogens with zero attached hydrogens (tertiary/aromatic N) is 1. The van der Waals surface area contributed by atoms with Crippen LogP contribution in [0.3, 0.4) is 0 Å². The summed E-state index contributed by atoms with van der Waals surface area (Å²) < 4.78 is 0.869. The molecule has 8 heteroatoms. The molecule has 0 aliphatic rings. The molecule has 102 valence electrons. The summed E-state index contributed by atoms with van der Waals surface area (Å²) in [5, 5.41) is 11.3. The molecule has 0 saturated heterocycles. The van der Waals surface area contributed by atoms with Gasteiger partial charge in [-0.1, -0.05) is 11.8 Å². The van der Waals surface area contributed by atoms with E-state index in [2.05, 4.69) is 4.98 Å². The van der Waals surface area contributed by atoms with E-state index in [9.17, 15) is 9.90 Å². The zero-order valence-corrected chi connectivity index (χ0v) is 12.9. The molecule has 1 atom stereocenters. The first-order chi connectivity index (χ1) is 9.10. The Balaban J connectivity index is 2.05. The van der Waals surface area contributed by atoms with Crippen LogP contribution in [0, 0.1) is 0 Å². The quantitative estimate of drug-likeness (QED) is 0.629. The van der Waals surface area contributed by atoms with E-state index in [1.165, 1.54) is 34.4 Å². The predicted octanol–water partition coefficient (Wildman–Crippen LogP) is 2.66. The lowest BCUT2D eigenvalue weighted by atomic mass is 10.3. The molecule has 4 nitrogen and oxygen atoms in total. The standard InChI is InChI=1S/C11H11ClN2O2S3/c12-3-6(15)4-17-11-14-7(5-18-11)8-1-2-9(19-8)10(13)16/h1-2,5-6,15H,3-4H2,(H2,13,16). The van der Waals surface area contributed by atoms with Crippen LogP contribution in [-0.4, -0.2) is 33.7 Å². The van der Waals surface area contributed by atoms with Crippen molar-refractivity contribution in [3.63, 3.8) is 0 Å². The maximum absolute atomic E-state index is 11.0. The number of alkyl halides is 1. The number of aliphatic hydroxyl groups excluding tert-OH is 1. The number of hydrogen-bond donors (Lipinski definition) is 2. The Hall–Kier alpha value is -0.600. The van der Waals surface area contributed by atoms with E-state index in [-0.39, 0.29) is 5.88 Å². The summed E-state index contributed by atoms with van der Waals surface area (Å²) in [5.41, 5.74) is 6.04. The van der Waals surface area contributed by atoms with E-state index in [1.807, 2.05) is 11.4 Å². The van der Waals surface area contributed by atoms with Crippen LogP contribution in [0.1, 0.15) is 9.67 Å². The molecule has 2 rings (SSSR count). The number of halogens is 1. The lowest BCUT2D eigenvalue weighted by Gasteiger charge is -2.02. The van der Waals surface area contributed by atoms with Gasteiger partial charge in [-0.3, -0.25) is 4.79 Å². The molecule has 2 aromatic rings. The maximum atomic E-state index is 11.0. The molecule has 0 saturated carbocycles. The third kappa shape index (κ3) is 3.93. The van der Waals surface area contributed by atoms with Gasteiger partial charge in [0.15, 0.2) is 4.34 Å². The van der Waals surface area contributed by atoms with Crippen molar-refractivity contribution in [1.29, 1.82) is 0 Å². The van der Waals surface area contributed by atoms with Crippen molar-refractivity contribution in [3.8, 4) is 10.6 Å². The first kappa shape index (κ1) is 14.8. The molecule has 1 amide bonds. The van der Waals surface area contributed by atoms with Crippen LogP contribution in [0.25, 0.3) is 10.6 Å². The lowest BCUT2D eigenvalue weighted by molar-refractivity contribution is 0.100. The van der Waals surface area contributed by atoms with Crippen LogP contribution >= 0.6 is 46.0 Å². The fraction of sp³-hybridized carbons (Fsp3) is 0.273. The van der Waals surface area contributed by atoms with Gasteiger partial charge in [0.1, 0.15) is 0 Å². The molecular weight excluding hydrogens is 324 g/mol. The molecule has 3 N–H and O–H groups in total. The van der Waals surface area contributed by atoms with E-state index in [1.54, 1.807) is 6.07 Å². The number of carbonyl (C=O) groups excluding carboxylic acids is 1. The highest BCUT2D eigenvalue weighted by atomic mass is 35.5. The Morgan fingerprint density at radius 3 is 3.00 bits per heavy atom. The third-order valence-corrected chi connectivity index (χ3v) is 5.81. The van der Waals surface area contributed by atoms with E-state index in [4.69, 9.17) is 17.3 Å². The number of amides is 1. The Morgan fingerprint density at radius 2 is 2.37 bits per heavy atom. The summed E-state index contributed by atoms with van der Waals surface area (Å²) in [6.07, 6.45) is -0.526. The van der Waals surface area contributed by atoms with Gasteiger partial charge in [0.2, 0.25) is 0 Å². The molecule has 0 aliphatic carbocycles. The SMILES string of the molecule is NC(=O)c1ccc(-c2csc(SCC(O)CCl)n2)s1. The summed E-state index contributed by atoms with van der Waals surface area (Å²) in [5.74, 6) is 0.317. The van der Waals surface area contributed by atoms with E-state index in [0.717, 1.165) is 14.9 Å². The van der Waals surface area contributed by atoms with E-state index in [0.29, 0.717) is 10.6 Å². The average Bonchev–Trinajstić information content (AvgIpc) is 3.04. The van der Waals surface area contributed by atoms with E-state index < -0.39 is 12.0 Å². The molecular formula is C11H11ClN2O2S3. The number of aromatic nitrogens is 1. The van der Waals surface area contributed by atoms with Gasteiger partial charge < -0.3 is 10.8 Å². The molecule has 0 aromatic carbocycles. The van der Waals surface area contributed by atoms with Gasteiger partial charge in [0.05, 0.1) is 21.6 Å². The Labute approximate surface area is 127 Å². The molecule has 0 spiro atoms. The minimum absolute atomic E-state index is 0.220. The third-order valence-electron chi connectivity index (χ3n) is 2.16. The lowest BCUT2D eigenvalue weighted by Crippen LogP contribution is -2.10. The first-order valence-corrected chi connectivity index (χ1v) is 8.54. The highest BCUT2D eigenvalue weighted by Gasteiger charge is 2.11. The van der Waals surface area contributed by atoms with Crippen molar-refractivity contribution in [2.45, 2.75) is 10.4 Å². The van der Waals surface area contributed by atoms with Crippen LogP contribution in [0.15, 0.2) is 21.9 Å². The smallest absolute Gasteiger partial charge is 0.258 e. The molecule has 1 unspecified atom stereocenters. The van der Waals surface area contributed by atoms with Crippen LogP contribution in [0.5, 0.6) is 0 Å². The second-order valence-corrected chi connectivity index (χ2v) is 7.16. The molecule has 2 heterocycles. The second-order valence-electron chi connectivity index (χ2n) is 3.65. The van der Waals surface area contributed by atoms with Crippen molar-refractivity contribution in [1.82, 2.24) is 4.98 Å². The zero-order valence-electron chi connectivity index (χ0n) is 9.71. The van der Waals surface area contributed by atoms with Crippen molar-refractivity contribution in [2.24, 2.45) is 5.73 Å². The topological polar surface area (TPSA) is 76.2 Å². The molecule has 0 aliphatic heterocycles. The number of aliphatic hydroxyl groups is 1. The molecule has 0 fully saturated rings. The number of thiazole rings is 1. The fourth-order valence-electron chi connectivity index (χ4n) is 1.26. The van der Waals surface area contributed by atoms with Crippen molar-refractivity contribution in [3.05, 3.63) is 22.4 Å². The molecule has 19 heavy (non-hydrogen) atoms. The minimum atomic E-state index is -0.526. The number of nitrogens with two attached hydrogens (primary N) is 1. The summed E-state index contributed by atoms with van der Waals surface area (Å²) in [7, 11) is 0. The van der Waals surface area contributed by atoms with Crippen LogP contribution in [0.4, 0.5) is 0 Å². The highest BCUT2D eigenvalue weighted by molar-refractivity contribution is 8.01. The normalized spacial score (nSPS) is 12.5. The minimum Gasteiger partial charge on any atom is -0.391 e. The van der Waals surface area contributed by atoms with Crippen LogP contribution in [-0.2, 0) is 0 Å². The van der Waals surface area contributed by atoms with Gasteiger partial charge in [-0.05, 0) is 12.1 Å². The molecule has 0 bridgehead atoms. The Kier molecular flexibility index (Phi) is 5.23. The summed E-state index contributed by atoms with van der Waals surface area (Å²) in [6, 6.07) is 3.54. The summed E-state index contributed by atoms with van der Waals surface area (Å²) >= 11 is 9.83. The van der Waals surface area contributed by atoms with Gasteiger partial charge in [-0.15, -0.1) is 34.3 Å². The first-order valence-electron chi connectivity index (χ1n) is 5.32. The van der Waals surface area contributed by atoms with Crippen LogP contribution < -0.4 is 5.73 Å². The number of hydrogen-bond acceptors (Lipinski definition) is 6. The fourth-order valence-corrected chi connectivity index (χ4v) is 4.17. The Bertz CT molecular complexity index is 570. The zero-order chi connectivity index (χ0) is 13.8. The van der Waals surface area contributed by atoms with Crippen molar-refractivity contribution in [2.75, 3.05) is 11.6 Å². The summed E-state index contributed by atoms with van der Waals surface area (Å²) in [4.78, 5) is 16.9. The highest BCUT2D eigenvalue weighted by Crippen LogP contribution is 2.32. The number of carbonyl (C=O) groups is 1. The Morgan fingerprint density at radius 1 is 1.58 bits per heavy atom. The monoisotopic (exact) mass is 334 g/mol. The van der Waals surface area contributed by atoms with Crippen molar-refractivity contribution >= 4 is 51.9 Å². The average molecular weight is 335 g/mol. The number of thiophene rings is 1. The van der Waals surface area contributed by atoms with Gasteiger partial charge >= 0.3 is 0 Å². The second kappa shape index (κ2) is 6.71. The number of thioether (sulfide) groups is 1.